The summed E-state index contributed by atoms with van der Waals surface area (Å²) in [6.45, 7) is 5.69. The molecule has 1 aromatic rings. The second-order valence-corrected chi connectivity index (χ2v) is 5.87. The minimum atomic E-state index is -1.11. The van der Waals surface area contributed by atoms with Gasteiger partial charge in [0.15, 0.2) is 0 Å². The highest BCUT2D eigenvalue weighted by Crippen LogP contribution is 2.32. The molecule has 0 bridgehead atoms. The monoisotopic (exact) mass is 267 g/mol. The van der Waals surface area contributed by atoms with Gasteiger partial charge in [-0.25, -0.2) is 9.18 Å². The van der Waals surface area contributed by atoms with Crippen LogP contribution in [0.4, 0.5) is 9.18 Å². The van der Waals surface area contributed by atoms with Crippen molar-refractivity contribution in [3.8, 4) is 0 Å². The summed E-state index contributed by atoms with van der Waals surface area (Å²) in [7, 11) is 0. The van der Waals surface area contributed by atoms with Crippen molar-refractivity contribution in [2.45, 2.75) is 32.0 Å². The quantitative estimate of drug-likeness (QED) is 0.849. The van der Waals surface area contributed by atoms with Crippen LogP contribution in [0.15, 0.2) is 24.3 Å². The van der Waals surface area contributed by atoms with Crippen LogP contribution in [0.1, 0.15) is 26.3 Å². The minimum absolute atomic E-state index is 0.160. The molecule has 0 saturated carbocycles. The van der Waals surface area contributed by atoms with Crippen molar-refractivity contribution >= 4 is 6.09 Å². The van der Waals surface area contributed by atoms with Crippen LogP contribution in [0.5, 0.6) is 0 Å². The minimum Gasteiger partial charge on any atom is -0.444 e. The molecule has 1 saturated heterocycles. The number of benzene rings is 1. The predicted molar refractivity (Wildman–Crippen MR) is 68.1 cm³/mol. The SMILES string of the molecule is CC(C)(C)OC(=O)N1CC(O)(c2ccc(F)cc2)C1. The van der Waals surface area contributed by atoms with Crippen molar-refractivity contribution in [1.82, 2.24) is 4.90 Å². The Hall–Kier alpha value is -1.62. The molecule has 0 spiro atoms. The maximum atomic E-state index is 12.8. The molecule has 5 heteroatoms. The molecule has 1 aromatic carbocycles. The summed E-state index contributed by atoms with van der Waals surface area (Å²) < 4.78 is 18.0. The average molecular weight is 267 g/mol. The highest BCUT2D eigenvalue weighted by molar-refractivity contribution is 5.70. The molecule has 1 fully saturated rings. The number of carbonyl (C=O) groups is 1. The molecule has 0 atom stereocenters. The summed E-state index contributed by atoms with van der Waals surface area (Å²) in [5.74, 6) is -0.351. The Bertz CT molecular complexity index is 472. The number of nitrogens with zero attached hydrogens (tertiary/aromatic N) is 1. The largest absolute Gasteiger partial charge is 0.444 e. The van der Waals surface area contributed by atoms with Crippen molar-refractivity contribution in [1.29, 1.82) is 0 Å². The number of halogens is 1. The van der Waals surface area contributed by atoms with Gasteiger partial charge in [0.1, 0.15) is 17.0 Å². The molecule has 4 nitrogen and oxygen atoms in total. The molecule has 0 aromatic heterocycles. The van der Waals surface area contributed by atoms with E-state index in [0.29, 0.717) is 5.56 Å². The highest BCUT2D eigenvalue weighted by Gasteiger charge is 2.46. The first-order chi connectivity index (χ1) is 8.70. The van der Waals surface area contributed by atoms with Gasteiger partial charge in [0.2, 0.25) is 0 Å². The lowest BCUT2D eigenvalue weighted by Crippen LogP contribution is -2.61. The number of rotatable bonds is 1. The third-order valence-electron chi connectivity index (χ3n) is 2.94. The number of carbonyl (C=O) groups excluding carboxylic acids is 1. The molecule has 104 valence electrons. The molecule has 0 radical (unpaired) electrons. The van der Waals surface area contributed by atoms with Gasteiger partial charge in [-0.1, -0.05) is 12.1 Å². The summed E-state index contributed by atoms with van der Waals surface area (Å²) >= 11 is 0. The average Bonchev–Trinajstić information content (AvgIpc) is 2.23. The second kappa shape index (κ2) is 4.49. The summed E-state index contributed by atoms with van der Waals surface area (Å²) in [5, 5.41) is 10.3. The van der Waals surface area contributed by atoms with E-state index in [4.69, 9.17) is 4.74 Å². The van der Waals surface area contributed by atoms with Gasteiger partial charge < -0.3 is 14.7 Å². The van der Waals surface area contributed by atoms with Crippen LogP contribution in [-0.4, -0.2) is 34.8 Å². The van der Waals surface area contributed by atoms with E-state index in [1.807, 2.05) is 0 Å². The van der Waals surface area contributed by atoms with Gasteiger partial charge in [-0.3, -0.25) is 0 Å². The van der Waals surface area contributed by atoms with E-state index < -0.39 is 17.3 Å². The molecule has 0 unspecified atom stereocenters. The molecule has 1 aliphatic heterocycles. The number of amides is 1. The first-order valence-electron chi connectivity index (χ1n) is 6.16. The third kappa shape index (κ3) is 3.04. The van der Waals surface area contributed by atoms with E-state index >= 15 is 0 Å². The summed E-state index contributed by atoms with van der Waals surface area (Å²) in [6, 6.07) is 5.65. The standard InChI is InChI=1S/C14H18FNO3/c1-13(2,3)19-12(17)16-8-14(18,9-16)10-4-6-11(15)7-5-10/h4-7,18H,8-9H2,1-3H3. The summed E-state index contributed by atoms with van der Waals surface area (Å²) in [6.07, 6.45) is -0.445. The number of hydrogen-bond acceptors (Lipinski definition) is 3. The lowest BCUT2D eigenvalue weighted by molar-refractivity contribution is -0.103. The summed E-state index contributed by atoms with van der Waals surface area (Å²) in [5.41, 5.74) is -1.06. The van der Waals surface area contributed by atoms with Crippen LogP contribution in [-0.2, 0) is 10.3 Å². The molecule has 1 aliphatic rings. The number of β-amino-alcohol motifs (C(OH)–C–C–N with tert-alkyl or cyclic N) is 1. The van der Waals surface area contributed by atoms with E-state index in [1.165, 1.54) is 29.2 Å². The zero-order valence-corrected chi connectivity index (χ0v) is 11.3. The molecule has 2 rings (SSSR count). The van der Waals surface area contributed by atoms with Crippen LogP contribution in [0.3, 0.4) is 0 Å². The fraction of sp³-hybridized carbons (Fsp3) is 0.500. The maximum Gasteiger partial charge on any atom is 0.410 e. The molecule has 1 amide bonds. The van der Waals surface area contributed by atoms with E-state index in [2.05, 4.69) is 0 Å². The van der Waals surface area contributed by atoms with E-state index in [1.54, 1.807) is 20.8 Å². The molecular formula is C14H18FNO3. The first-order valence-corrected chi connectivity index (χ1v) is 6.16. The molecule has 1 N–H and O–H groups in total. The van der Waals surface area contributed by atoms with Crippen molar-refractivity contribution < 1.29 is 19.0 Å². The normalized spacial score (nSPS) is 17.8. The molecule has 19 heavy (non-hydrogen) atoms. The van der Waals surface area contributed by atoms with Gasteiger partial charge in [0.05, 0.1) is 13.1 Å². The fourth-order valence-electron chi connectivity index (χ4n) is 1.98. The van der Waals surface area contributed by atoms with E-state index in [0.717, 1.165) is 0 Å². The van der Waals surface area contributed by atoms with Gasteiger partial charge in [0.25, 0.3) is 0 Å². The Morgan fingerprint density at radius 1 is 1.32 bits per heavy atom. The number of aliphatic hydroxyl groups is 1. The number of likely N-dealkylation sites (tertiary alicyclic amines) is 1. The Labute approximate surface area is 111 Å². The van der Waals surface area contributed by atoms with Crippen molar-refractivity contribution in [2.24, 2.45) is 0 Å². The summed E-state index contributed by atoms with van der Waals surface area (Å²) in [4.78, 5) is 13.2. The Balaban J connectivity index is 1.98. The van der Waals surface area contributed by atoms with Crippen LogP contribution >= 0.6 is 0 Å². The molecule has 1 heterocycles. The maximum absolute atomic E-state index is 12.8. The Morgan fingerprint density at radius 2 is 1.84 bits per heavy atom. The van der Waals surface area contributed by atoms with Gasteiger partial charge >= 0.3 is 6.09 Å². The topological polar surface area (TPSA) is 49.8 Å². The Morgan fingerprint density at radius 3 is 2.32 bits per heavy atom. The van der Waals surface area contributed by atoms with Crippen LogP contribution < -0.4 is 0 Å². The van der Waals surface area contributed by atoms with Gasteiger partial charge in [-0.15, -0.1) is 0 Å². The van der Waals surface area contributed by atoms with Gasteiger partial charge in [-0.2, -0.15) is 0 Å². The Kier molecular flexibility index (Phi) is 3.26. The van der Waals surface area contributed by atoms with E-state index in [9.17, 15) is 14.3 Å². The zero-order valence-electron chi connectivity index (χ0n) is 11.3. The smallest absolute Gasteiger partial charge is 0.410 e. The van der Waals surface area contributed by atoms with Crippen molar-refractivity contribution in [2.75, 3.05) is 13.1 Å². The van der Waals surface area contributed by atoms with Crippen molar-refractivity contribution in [3.05, 3.63) is 35.6 Å². The molecular weight excluding hydrogens is 249 g/mol. The highest BCUT2D eigenvalue weighted by atomic mass is 19.1. The second-order valence-electron chi connectivity index (χ2n) is 5.87. The lowest BCUT2D eigenvalue weighted by Gasteiger charge is -2.46. The predicted octanol–water partition coefficient (Wildman–Crippen LogP) is 2.26. The van der Waals surface area contributed by atoms with Crippen molar-refractivity contribution in [3.63, 3.8) is 0 Å². The van der Waals surface area contributed by atoms with Crippen LogP contribution in [0.25, 0.3) is 0 Å². The first kappa shape index (κ1) is 13.8. The zero-order chi connectivity index (χ0) is 14.3. The van der Waals surface area contributed by atoms with Crippen LogP contribution in [0.2, 0.25) is 0 Å². The lowest BCUT2D eigenvalue weighted by atomic mass is 9.86. The third-order valence-corrected chi connectivity index (χ3v) is 2.94. The number of hydrogen-bond donors (Lipinski definition) is 1. The number of ether oxygens (including phenoxy) is 1. The van der Waals surface area contributed by atoms with Gasteiger partial charge in [-0.05, 0) is 38.5 Å². The fourth-order valence-corrected chi connectivity index (χ4v) is 1.98. The van der Waals surface area contributed by atoms with E-state index in [-0.39, 0.29) is 18.9 Å². The molecule has 0 aliphatic carbocycles. The van der Waals surface area contributed by atoms with Gasteiger partial charge in [0, 0.05) is 0 Å². The van der Waals surface area contributed by atoms with Crippen LogP contribution in [0, 0.1) is 5.82 Å².